The Morgan fingerprint density at radius 3 is 2.58 bits per heavy atom. The number of aliphatic imine (C=N–C) groups is 1. The predicted octanol–water partition coefficient (Wildman–Crippen LogP) is 2.01. The molecule has 0 aromatic carbocycles. The van der Waals surface area contributed by atoms with Crippen LogP contribution in [0.15, 0.2) is 4.99 Å². The van der Waals surface area contributed by atoms with Crippen molar-refractivity contribution in [1.82, 2.24) is 15.5 Å². The van der Waals surface area contributed by atoms with Crippen LogP contribution >= 0.6 is 35.7 Å². The number of hydrogen-bond donors (Lipinski definition) is 2. The van der Waals surface area contributed by atoms with Gasteiger partial charge in [-0.2, -0.15) is 11.8 Å². The molecular formula is C13H29IN4S. The fourth-order valence-corrected chi connectivity index (χ4v) is 2.26. The Balaban J connectivity index is 0.00000324. The van der Waals surface area contributed by atoms with Gasteiger partial charge >= 0.3 is 0 Å². The minimum atomic E-state index is 0. The highest BCUT2D eigenvalue weighted by atomic mass is 127. The molecule has 0 amide bonds. The third-order valence-electron chi connectivity index (χ3n) is 3.63. The second-order valence-corrected chi connectivity index (χ2v) is 7.06. The number of likely N-dealkylation sites (N-methyl/N-ethyl adjacent to an activating group) is 1. The second kappa shape index (κ2) is 9.28. The van der Waals surface area contributed by atoms with E-state index in [1.54, 1.807) is 0 Å². The molecule has 6 heteroatoms. The first-order valence-corrected chi connectivity index (χ1v) is 7.91. The van der Waals surface area contributed by atoms with Gasteiger partial charge in [-0.1, -0.05) is 0 Å². The molecule has 0 saturated carbocycles. The SMILES string of the molecule is CN=C(NCC1CCCN1C)NCC(C)(C)SC.I. The van der Waals surface area contributed by atoms with Crippen molar-refractivity contribution >= 4 is 41.7 Å². The molecule has 0 aliphatic carbocycles. The van der Waals surface area contributed by atoms with E-state index in [-0.39, 0.29) is 28.7 Å². The Labute approximate surface area is 139 Å². The summed E-state index contributed by atoms with van der Waals surface area (Å²) in [5, 5.41) is 6.83. The van der Waals surface area contributed by atoms with Gasteiger partial charge in [0.2, 0.25) is 0 Å². The maximum Gasteiger partial charge on any atom is 0.191 e. The molecular weight excluding hydrogens is 371 g/mol. The molecule has 1 atom stereocenters. The van der Waals surface area contributed by atoms with E-state index in [1.165, 1.54) is 19.4 Å². The summed E-state index contributed by atoms with van der Waals surface area (Å²) in [6.07, 6.45) is 4.75. The van der Waals surface area contributed by atoms with Crippen molar-refractivity contribution in [3.8, 4) is 0 Å². The second-order valence-electron chi connectivity index (χ2n) is 5.55. The molecule has 19 heavy (non-hydrogen) atoms. The fourth-order valence-electron chi connectivity index (χ4n) is 2.04. The zero-order valence-corrected chi connectivity index (χ0v) is 16.0. The molecule has 1 aliphatic rings. The minimum absolute atomic E-state index is 0. The van der Waals surface area contributed by atoms with E-state index in [1.807, 2.05) is 18.8 Å². The predicted molar refractivity (Wildman–Crippen MR) is 98.0 cm³/mol. The highest BCUT2D eigenvalue weighted by molar-refractivity contribution is 14.0. The summed E-state index contributed by atoms with van der Waals surface area (Å²) in [4.78, 5) is 6.70. The number of rotatable bonds is 5. The molecule has 0 spiro atoms. The van der Waals surface area contributed by atoms with Crippen molar-refractivity contribution in [3.63, 3.8) is 0 Å². The van der Waals surface area contributed by atoms with Gasteiger partial charge in [-0.15, -0.1) is 24.0 Å². The summed E-state index contributed by atoms with van der Waals surface area (Å²) in [6, 6.07) is 0.650. The van der Waals surface area contributed by atoms with E-state index in [4.69, 9.17) is 0 Å². The molecule has 0 radical (unpaired) electrons. The molecule has 0 aromatic heterocycles. The summed E-state index contributed by atoms with van der Waals surface area (Å²) >= 11 is 1.87. The lowest BCUT2D eigenvalue weighted by Crippen LogP contribution is -2.47. The number of nitrogens with one attached hydrogen (secondary N) is 2. The summed E-state index contributed by atoms with van der Waals surface area (Å²) in [5.74, 6) is 0.914. The molecule has 1 heterocycles. The Bertz CT molecular complexity index is 284. The standard InChI is InChI=1S/C13H28N4S.HI/c1-13(2,18-5)10-16-12(14-3)15-9-11-7-6-8-17(11)4;/h11H,6-10H2,1-5H3,(H2,14,15,16);1H. The number of thioether (sulfide) groups is 1. The van der Waals surface area contributed by atoms with Crippen LogP contribution in [0.25, 0.3) is 0 Å². The largest absolute Gasteiger partial charge is 0.355 e. The van der Waals surface area contributed by atoms with Gasteiger partial charge in [-0.3, -0.25) is 4.99 Å². The maximum atomic E-state index is 4.28. The molecule has 4 nitrogen and oxygen atoms in total. The van der Waals surface area contributed by atoms with Crippen molar-refractivity contribution in [3.05, 3.63) is 0 Å². The van der Waals surface area contributed by atoms with Gasteiger partial charge in [0.25, 0.3) is 0 Å². The Morgan fingerprint density at radius 1 is 1.42 bits per heavy atom. The summed E-state index contributed by atoms with van der Waals surface area (Å²) in [5.41, 5.74) is 0. The number of guanidine groups is 1. The van der Waals surface area contributed by atoms with Gasteiger partial charge in [0.05, 0.1) is 0 Å². The number of hydrogen-bond acceptors (Lipinski definition) is 3. The summed E-state index contributed by atoms with van der Waals surface area (Å²) < 4.78 is 0.238. The van der Waals surface area contributed by atoms with E-state index in [2.05, 4.69) is 47.7 Å². The minimum Gasteiger partial charge on any atom is -0.355 e. The third kappa shape index (κ3) is 7.04. The van der Waals surface area contributed by atoms with Crippen LogP contribution in [0.5, 0.6) is 0 Å². The lowest BCUT2D eigenvalue weighted by Gasteiger charge is -2.25. The van der Waals surface area contributed by atoms with E-state index in [9.17, 15) is 0 Å². The van der Waals surface area contributed by atoms with Crippen molar-refractivity contribution in [2.75, 3.05) is 40.0 Å². The number of halogens is 1. The zero-order chi connectivity index (χ0) is 13.6. The Kier molecular flexibility index (Phi) is 9.43. The quantitative estimate of drug-likeness (QED) is 0.421. The van der Waals surface area contributed by atoms with Crippen LogP contribution in [0.4, 0.5) is 0 Å². The van der Waals surface area contributed by atoms with Gasteiger partial charge in [0.15, 0.2) is 5.96 Å². The lowest BCUT2D eigenvalue weighted by molar-refractivity contribution is 0.309. The van der Waals surface area contributed by atoms with Gasteiger partial charge in [0, 0.05) is 30.9 Å². The first-order chi connectivity index (χ1) is 8.48. The zero-order valence-electron chi connectivity index (χ0n) is 12.8. The molecule has 1 rings (SSSR count). The molecule has 0 aromatic rings. The van der Waals surface area contributed by atoms with Gasteiger partial charge in [-0.05, 0) is 46.5 Å². The van der Waals surface area contributed by atoms with Crippen LogP contribution in [0.1, 0.15) is 26.7 Å². The van der Waals surface area contributed by atoms with Crippen molar-refractivity contribution in [2.45, 2.75) is 37.5 Å². The first-order valence-electron chi connectivity index (χ1n) is 6.68. The smallest absolute Gasteiger partial charge is 0.191 e. The molecule has 1 fully saturated rings. The lowest BCUT2D eigenvalue weighted by atomic mass is 10.2. The van der Waals surface area contributed by atoms with Crippen LogP contribution in [0.2, 0.25) is 0 Å². The van der Waals surface area contributed by atoms with Crippen LogP contribution in [0.3, 0.4) is 0 Å². The van der Waals surface area contributed by atoms with E-state index >= 15 is 0 Å². The maximum absolute atomic E-state index is 4.28. The fraction of sp³-hybridized carbons (Fsp3) is 0.923. The monoisotopic (exact) mass is 400 g/mol. The topological polar surface area (TPSA) is 39.7 Å². The Hall–Kier alpha value is 0.310. The number of nitrogens with zero attached hydrogens (tertiary/aromatic N) is 2. The van der Waals surface area contributed by atoms with E-state index < -0.39 is 0 Å². The third-order valence-corrected chi connectivity index (χ3v) is 4.88. The highest BCUT2D eigenvalue weighted by Crippen LogP contribution is 2.19. The summed E-state index contributed by atoms with van der Waals surface area (Å²) in [7, 11) is 4.03. The van der Waals surface area contributed by atoms with Crippen molar-refractivity contribution < 1.29 is 0 Å². The van der Waals surface area contributed by atoms with Crippen LogP contribution in [-0.2, 0) is 0 Å². The molecule has 2 N–H and O–H groups in total. The van der Waals surface area contributed by atoms with Crippen molar-refractivity contribution in [2.24, 2.45) is 4.99 Å². The van der Waals surface area contributed by atoms with Crippen molar-refractivity contribution in [1.29, 1.82) is 0 Å². The van der Waals surface area contributed by atoms with Gasteiger partial charge in [0.1, 0.15) is 0 Å². The molecule has 1 unspecified atom stereocenters. The molecule has 0 bridgehead atoms. The normalized spacial score (nSPS) is 21.1. The van der Waals surface area contributed by atoms with E-state index in [0.717, 1.165) is 19.0 Å². The first kappa shape index (κ1) is 19.3. The summed E-state index contributed by atoms with van der Waals surface area (Å²) in [6.45, 7) is 7.60. The van der Waals surface area contributed by atoms with Crippen LogP contribution in [0, 0.1) is 0 Å². The van der Waals surface area contributed by atoms with Gasteiger partial charge in [-0.25, -0.2) is 0 Å². The Morgan fingerprint density at radius 2 is 2.11 bits per heavy atom. The van der Waals surface area contributed by atoms with Gasteiger partial charge < -0.3 is 15.5 Å². The van der Waals surface area contributed by atoms with E-state index in [0.29, 0.717) is 6.04 Å². The molecule has 1 aliphatic heterocycles. The highest BCUT2D eigenvalue weighted by Gasteiger charge is 2.21. The average Bonchev–Trinajstić information content (AvgIpc) is 2.75. The average molecular weight is 400 g/mol. The molecule has 114 valence electrons. The number of likely N-dealkylation sites (tertiary alicyclic amines) is 1. The molecule has 1 saturated heterocycles. The van der Waals surface area contributed by atoms with Crippen LogP contribution < -0.4 is 10.6 Å². The van der Waals surface area contributed by atoms with Crippen LogP contribution in [-0.4, -0.2) is 61.6 Å².